The Morgan fingerprint density at radius 2 is 2.33 bits per heavy atom. The third-order valence-electron chi connectivity index (χ3n) is 3.24. The van der Waals surface area contributed by atoms with Crippen molar-refractivity contribution in [3.8, 4) is 0 Å². The Kier molecular flexibility index (Phi) is 2.43. The molecule has 0 saturated heterocycles. The largest absolute Gasteiger partial charge is 0.392 e. The number of aliphatic hydroxyl groups excluding tert-OH is 1. The number of aliphatic hydroxyl groups is 1. The molecule has 0 spiro atoms. The summed E-state index contributed by atoms with van der Waals surface area (Å²) in [5.41, 5.74) is 2.58. The van der Waals surface area contributed by atoms with E-state index in [0.29, 0.717) is 5.92 Å². The molecule has 0 bridgehead atoms. The molecule has 0 amide bonds. The van der Waals surface area contributed by atoms with Crippen LogP contribution in [0.3, 0.4) is 0 Å². The normalized spacial score (nSPS) is 27.0. The lowest BCUT2D eigenvalue weighted by Crippen LogP contribution is -2.23. The average molecular weight is 166 g/mol. The van der Waals surface area contributed by atoms with E-state index in [4.69, 9.17) is 5.11 Å². The Bertz CT molecular complexity index is 223. The van der Waals surface area contributed by atoms with E-state index in [1.807, 2.05) is 0 Å². The molecule has 0 aromatic carbocycles. The highest BCUT2D eigenvalue weighted by molar-refractivity contribution is 5.25. The summed E-state index contributed by atoms with van der Waals surface area (Å²) in [7, 11) is 0. The van der Waals surface area contributed by atoms with Crippen LogP contribution < -0.4 is 0 Å². The molecule has 68 valence electrons. The first-order valence-electron chi connectivity index (χ1n) is 4.46. The number of rotatable bonds is 2. The molecule has 0 unspecified atom stereocenters. The van der Waals surface area contributed by atoms with E-state index in [9.17, 15) is 0 Å². The Balaban J connectivity index is 2.80. The lowest BCUT2D eigenvalue weighted by molar-refractivity contribution is 0.268. The van der Waals surface area contributed by atoms with Crippen LogP contribution in [0.1, 0.15) is 27.2 Å². The maximum Gasteiger partial charge on any atom is 0.0642 e. The van der Waals surface area contributed by atoms with Crippen molar-refractivity contribution in [2.24, 2.45) is 11.3 Å². The monoisotopic (exact) mass is 166 g/mol. The standard InChI is InChI=1S/C11H18O/c1-8(7-12)10-6-5-9(2)11(10,3)4/h5,10,12H,1,6-7H2,2-4H3/t10-/m1/s1. The second kappa shape index (κ2) is 3.06. The number of allylic oxidation sites excluding steroid dienone is 2. The molecule has 0 saturated carbocycles. The van der Waals surface area contributed by atoms with E-state index in [1.165, 1.54) is 5.57 Å². The molecule has 1 aliphatic carbocycles. The third-order valence-corrected chi connectivity index (χ3v) is 3.24. The van der Waals surface area contributed by atoms with Gasteiger partial charge in [0.2, 0.25) is 0 Å². The SMILES string of the molecule is C=C(CO)[C@H]1CC=C(C)C1(C)C. The van der Waals surface area contributed by atoms with Gasteiger partial charge in [0.1, 0.15) is 0 Å². The molecule has 0 aromatic rings. The summed E-state index contributed by atoms with van der Waals surface area (Å²) in [5.74, 6) is 0.433. The van der Waals surface area contributed by atoms with Crippen molar-refractivity contribution < 1.29 is 5.11 Å². The fourth-order valence-corrected chi connectivity index (χ4v) is 1.91. The first-order valence-corrected chi connectivity index (χ1v) is 4.46. The van der Waals surface area contributed by atoms with E-state index < -0.39 is 0 Å². The summed E-state index contributed by atoms with van der Waals surface area (Å²) in [6.07, 6.45) is 3.30. The highest BCUT2D eigenvalue weighted by Crippen LogP contribution is 2.45. The number of hydrogen-bond donors (Lipinski definition) is 1. The van der Waals surface area contributed by atoms with Crippen molar-refractivity contribution in [3.05, 3.63) is 23.8 Å². The first kappa shape index (κ1) is 9.53. The Hall–Kier alpha value is -0.560. The maximum absolute atomic E-state index is 8.99. The second-order valence-corrected chi connectivity index (χ2v) is 4.21. The summed E-state index contributed by atoms with van der Waals surface area (Å²) >= 11 is 0. The summed E-state index contributed by atoms with van der Waals surface area (Å²) in [6, 6.07) is 0. The van der Waals surface area contributed by atoms with Crippen LogP contribution >= 0.6 is 0 Å². The molecular weight excluding hydrogens is 148 g/mol. The minimum atomic E-state index is 0.120. The van der Waals surface area contributed by atoms with E-state index in [2.05, 4.69) is 33.4 Å². The van der Waals surface area contributed by atoms with Crippen molar-refractivity contribution in [1.82, 2.24) is 0 Å². The quantitative estimate of drug-likeness (QED) is 0.625. The maximum atomic E-state index is 8.99. The molecule has 0 aliphatic heterocycles. The van der Waals surface area contributed by atoms with Gasteiger partial charge in [0.25, 0.3) is 0 Å². The van der Waals surface area contributed by atoms with Crippen molar-refractivity contribution in [2.45, 2.75) is 27.2 Å². The zero-order chi connectivity index (χ0) is 9.35. The Morgan fingerprint density at radius 1 is 1.75 bits per heavy atom. The van der Waals surface area contributed by atoms with Crippen LogP contribution in [0, 0.1) is 11.3 Å². The van der Waals surface area contributed by atoms with Gasteiger partial charge in [-0.25, -0.2) is 0 Å². The predicted octanol–water partition coefficient (Wildman–Crippen LogP) is 2.53. The summed E-state index contributed by atoms with van der Waals surface area (Å²) in [4.78, 5) is 0. The van der Waals surface area contributed by atoms with Crippen molar-refractivity contribution in [2.75, 3.05) is 6.61 Å². The van der Waals surface area contributed by atoms with Gasteiger partial charge in [-0.2, -0.15) is 0 Å². The highest BCUT2D eigenvalue weighted by atomic mass is 16.3. The molecule has 1 aliphatic rings. The zero-order valence-corrected chi connectivity index (χ0v) is 8.22. The fourth-order valence-electron chi connectivity index (χ4n) is 1.91. The van der Waals surface area contributed by atoms with Gasteiger partial charge in [0.15, 0.2) is 0 Å². The zero-order valence-electron chi connectivity index (χ0n) is 8.22. The minimum absolute atomic E-state index is 0.120. The lowest BCUT2D eigenvalue weighted by Gasteiger charge is -2.30. The Morgan fingerprint density at radius 3 is 2.67 bits per heavy atom. The van der Waals surface area contributed by atoms with Gasteiger partial charge in [0, 0.05) is 0 Å². The molecule has 1 rings (SSSR count). The number of hydrogen-bond acceptors (Lipinski definition) is 1. The van der Waals surface area contributed by atoms with Gasteiger partial charge < -0.3 is 5.11 Å². The van der Waals surface area contributed by atoms with Gasteiger partial charge in [-0.15, -0.1) is 0 Å². The lowest BCUT2D eigenvalue weighted by atomic mass is 9.74. The second-order valence-electron chi connectivity index (χ2n) is 4.21. The van der Waals surface area contributed by atoms with Crippen molar-refractivity contribution in [1.29, 1.82) is 0 Å². The van der Waals surface area contributed by atoms with E-state index in [0.717, 1.165) is 12.0 Å². The van der Waals surface area contributed by atoms with Crippen LogP contribution in [0.5, 0.6) is 0 Å². The van der Waals surface area contributed by atoms with Gasteiger partial charge >= 0.3 is 0 Å². The van der Waals surface area contributed by atoms with Crippen LogP contribution in [-0.2, 0) is 0 Å². The van der Waals surface area contributed by atoms with E-state index >= 15 is 0 Å². The molecule has 0 radical (unpaired) electrons. The molecule has 12 heavy (non-hydrogen) atoms. The minimum Gasteiger partial charge on any atom is -0.392 e. The summed E-state index contributed by atoms with van der Waals surface area (Å²) in [5, 5.41) is 8.99. The molecule has 0 aromatic heterocycles. The summed E-state index contributed by atoms with van der Waals surface area (Å²) < 4.78 is 0. The average Bonchev–Trinajstić information content (AvgIpc) is 2.27. The van der Waals surface area contributed by atoms with E-state index in [-0.39, 0.29) is 12.0 Å². The molecule has 0 fully saturated rings. The molecule has 1 N–H and O–H groups in total. The molecule has 1 heteroatoms. The Labute approximate surface area is 74.8 Å². The topological polar surface area (TPSA) is 20.2 Å². The fraction of sp³-hybridized carbons (Fsp3) is 0.636. The molecule has 1 nitrogen and oxygen atoms in total. The van der Waals surface area contributed by atoms with Gasteiger partial charge in [-0.05, 0) is 30.3 Å². The van der Waals surface area contributed by atoms with Crippen LogP contribution in [0.4, 0.5) is 0 Å². The van der Waals surface area contributed by atoms with Gasteiger partial charge in [-0.3, -0.25) is 0 Å². The first-order chi connectivity index (χ1) is 5.50. The van der Waals surface area contributed by atoms with Crippen molar-refractivity contribution in [3.63, 3.8) is 0 Å². The van der Waals surface area contributed by atoms with Crippen LogP contribution in [0.25, 0.3) is 0 Å². The van der Waals surface area contributed by atoms with Crippen LogP contribution in [-0.4, -0.2) is 11.7 Å². The van der Waals surface area contributed by atoms with E-state index in [1.54, 1.807) is 0 Å². The highest BCUT2D eigenvalue weighted by Gasteiger charge is 2.35. The smallest absolute Gasteiger partial charge is 0.0642 e. The van der Waals surface area contributed by atoms with Crippen LogP contribution in [0.2, 0.25) is 0 Å². The van der Waals surface area contributed by atoms with Gasteiger partial charge in [-0.1, -0.05) is 32.1 Å². The molecule has 1 atom stereocenters. The van der Waals surface area contributed by atoms with Crippen molar-refractivity contribution >= 4 is 0 Å². The molecule has 0 heterocycles. The third kappa shape index (κ3) is 1.34. The summed E-state index contributed by atoms with van der Waals surface area (Å²) in [6.45, 7) is 10.6. The van der Waals surface area contributed by atoms with Gasteiger partial charge in [0.05, 0.1) is 6.61 Å². The van der Waals surface area contributed by atoms with Crippen LogP contribution in [0.15, 0.2) is 23.8 Å². The predicted molar refractivity (Wildman–Crippen MR) is 51.9 cm³/mol. The molecular formula is C11H18O.